The van der Waals surface area contributed by atoms with Crippen molar-refractivity contribution in [3.05, 3.63) is 228 Å². The van der Waals surface area contributed by atoms with Crippen LogP contribution in [0.4, 0.5) is 0 Å². The first-order valence-corrected chi connectivity index (χ1v) is 29.0. The molecule has 8 rings (SSSR count). The molecule has 11 atom stereocenters. The zero-order valence-electron chi connectivity index (χ0n) is 45.9. The van der Waals surface area contributed by atoms with Crippen molar-refractivity contribution in [1.82, 2.24) is 0 Å². The molecule has 1 unspecified atom stereocenters. The second-order valence-corrected chi connectivity index (χ2v) is 20.9. The lowest BCUT2D eigenvalue weighted by molar-refractivity contribution is -0.351. The summed E-state index contributed by atoms with van der Waals surface area (Å²) in [6.45, 7) is 4.09. The largest absolute Gasteiger partial charge is 0.756 e. The predicted octanol–water partition coefficient (Wildman–Crippen LogP) is 10.2. The van der Waals surface area contributed by atoms with E-state index in [9.17, 15) is 38.2 Å². The Bertz CT molecular complexity index is 3140. The highest BCUT2D eigenvalue weighted by Gasteiger charge is 2.58. The zero-order chi connectivity index (χ0) is 59.3. The number of carbonyl (C=O) groups is 6. The summed E-state index contributed by atoms with van der Waals surface area (Å²) >= 11 is 0. The number of phosphoric ester groups is 1. The van der Waals surface area contributed by atoms with E-state index in [-0.39, 0.29) is 40.0 Å². The van der Waals surface area contributed by atoms with Crippen molar-refractivity contribution < 1.29 is 89.9 Å². The summed E-state index contributed by atoms with van der Waals surface area (Å²) in [5, 5.41) is 0. The number of rotatable bonds is 27. The van der Waals surface area contributed by atoms with Gasteiger partial charge in [-0.05, 0) is 99.0 Å². The first-order valence-electron chi connectivity index (χ1n) is 27.5. The van der Waals surface area contributed by atoms with Gasteiger partial charge in [0.25, 0.3) is 7.82 Å². The summed E-state index contributed by atoms with van der Waals surface area (Å²) < 4.78 is 81.7. The molecule has 440 valence electrons. The summed E-state index contributed by atoms with van der Waals surface area (Å²) in [6.07, 6.45) is -11.2. The third-order valence-corrected chi connectivity index (χ3v) is 14.5. The van der Waals surface area contributed by atoms with Crippen molar-refractivity contribution in [3.8, 4) is 0 Å². The maximum atomic E-state index is 14.6. The van der Waals surface area contributed by atoms with Crippen molar-refractivity contribution in [2.24, 2.45) is 0 Å². The Morgan fingerprint density at radius 3 is 1.21 bits per heavy atom. The van der Waals surface area contributed by atoms with Gasteiger partial charge in [-0.1, -0.05) is 141 Å². The minimum atomic E-state index is -5.46. The Hall–Kier alpha value is -8.13. The quantitative estimate of drug-likeness (QED) is 0.0153. The Morgan fingerprint density at radius 1 is 0.452 bits per heavy atom. The van der Waals surface area contributed by atoms with Gasteiger partial charge in [-0.15, -0.1) is 6.58 Å². The highest BCUT2D eigenvalue weighted by Crippen LogP contribution is 2.45. The normalized spacial score (nSPS) is 22.6. The fourth-order valence-electron chi connectivity index (χ4n) is 9.26. The molecule has 6 aromatic carbocycles. The van der Waals surface area contributed by atoms with E-state index >= 15 is 0 Å². The van der Waals surface area contributed by atoms with E-state index in [1.807, 2.05) is 6.08 Å². The lowest BCUT2D eigenvalue weighted by Gasteiger charge is -2.49. The SMILES string of the molecule is C=CCCCCCCCCOP(=O)([O-])O[C@H]1O[C@H](COC(=O)c2ccccc2)[C@@H](O[C@@H]2O[C@H](C)[C@H](OC(=O)c3ccccc3)[C@H](OC(=O)c3ccccc3)[C@H]2OC(=O)c2ccccc2)[C@H](OC(=O)c2ccccc2)[C@@H]1OC(=O)c1ccccc1. The van der Waals surface area contributed by atoms with Gasteiger partial charge in [0, 0.05) is 0 Å². The molecule has 2 saturated heterocycles. The second-order valence-electron chi connectivity index (χ2n) is 19.6. The van der Waals surface area contributed by atoms with Crippen LogP contribution in [0, 0.1) is 0 Å². The van der Waals surface area contributed by atoms with Crippen LogP contribution in [-0.2, 0) is 56.2 Å². The number of esters is 6. The lowest BCUT2D eigenvalue weighted by Crippen LogP contribution is -2.66. The van der Waals surface area contributed by atoms with Crippen LogP contribution < -0.4 is 4.89 Å². The van der Waals surface area contributed by atoms with Gasteiger partial charge in [0.05, 0.1) is 46.1 Å². The van der Waals surface area contributed by atoms with E-state index in [0.29, 0.717) is 12.8 Å². The molecule has 0 aromatic heterocycles. The summed E-state index contributed by atoms with van der Waals surface area (Å²) in [5.74, 6) is -5.85. The number of unbranched alkanes of at least 4 members (excludes halogenated alkanes) is 6. The molecule has 2 aliphatic rings. The maximum Gasteiger partial charge on any atom is 0.338 e. The third kappa shape index (κ3) is 17.5. The standard InChI is InChI=1S/C64H65O19P/c1-3-4-5-6-7-8-9-28-41-74-84(71,72)83-64-56(81-62(70)49-39-26-15-27-40-49)54(79-60(68)47-35-22-13-23-36-47)52(50(76-64)42-73-57(65)44-29-16-10-17-30-44)82-63-55(80-61(69)48-37-24-14-25-38-48)53(78-59(67)46-33-20-12-21-34-46)51(43(2)75-63)77-58(66)45-31-18-11-19-32-45/h3,10-27,29-40,43,50-56,63-64H,1,4-9,28,41-42H2,2H3,(H,71,72)/p-1/t43-,50-,51+,52-,53+,54+,55-,56+,63+,64-/m1/s1. The molecule has 2 aliphatic heterocycles. The molecule has 20 heteroatoms. The summed E-state index contributed by atoms with van der Waals surface area (Å²) in [5.41, 5.74) is 0.184. The molecule has 6 aromatic rings. The smallest absolute Gasteiger partial charge is 0.338 e. The van der Waals surface area contributed by atoms with Gasteiger partial charge in [0.1, 0.15) is 18.8 Å². The Kier molecular flexibility index (Phi) is 22.8. The topological polar surface area (TPSA) is 244 Å². The van der Waals surface area contributed by atoms with Crippen LogP contribution in [0.5, 0.6) is 0 Å². The van der Waals surface area contributed by atoms with Crippen LogP contribution >= 0.6 is 7.82 Å². The van der Waals surface area contributed by atoms with Crippen LogP contribution in [0.25, 0.3) is 0 Å². The van der Waals surface area contributed by atoms with Crippen LogP contribution in [0.15, 0.2) is 195 Å². The van der Waals surface area contributed by atoms with Crippen LogP contribution in [-0.4, -0.2) is 110 Å². The Balaban J connectivity index is 1.23. The van der Waals surface area contributed by atoms with E-state index < -0.39 is 112 Å². The highest BCUT2D eigenvalue weighted by molar-refractivity contribution is 7.45. The molecule has 0 radical (unpaired) electrons. The number of phosphoric acid groups is 1. The molecule has 2 fully saturated rings. The van der Waals surface area contributed by atoms with E-state index in [0.717, 1.165) is 32.1 Å². The molecule has 0 saturated carbocycles. The summed E-state index contributed by atoms with van der Waals surface area (Å²) in [6, 6.07) is 46.3. The molecular formula is C64H64O19P-. The van der Waals surface area contributed by atoms with Crippen molar-refractivity contribution in [2.45, 2.75) is 113 Å². The first kappa shape index (κ1) is 61.9. The number of ether oxygens (including phenoxy) is 9. The number of benzene rings is 6. The van der Waals surface area contributed by atoms with Crippen LogP contribution in [0.2, 0.25) is 0 Å². The van der Waals surface area contributed by atoms with Gasteiger partial charge in [0.15, 0.2) is 36.8 Å². The molecular weight excluding hydrogens is 1100 g/mol. The average molecular weight is 1170 g/mol. The summed E-state index contributed by atoms with van der Waals surface area (Å²) in [7, 11) is -5.46. The third-order valence-electron chi connectivity index (χ3n) is 13.5. The number of hydrogen-bond acceptors (Lipinski definition) is 19. The van der Waals surface area contributed by atoms with E-state index in [1.54, 1.807) is 109 Å². The van der Waals surface area contributed by atoms with E-state index in [4.69, 9.17) is 51.7 Å². The first-order chi connectivity index (χ1) is 40.8. The zero-order valence-corrected chi connectivity index (χ0v) is 46.8. The molecule has 0 aliphatic carbocycles. The van der Waals surface area contributed by atoms with Crippen molar-refractivity contribution in [3.63, 3.8) is 0 Å². The van der Waals surface area contributed by atoms with Gasteiger partial charge in [0.2, 0.25) is 6.29 Å². The highest BCUT2D eigenvalue weighted by atomic mass is 31.2. The predicted molar refractivity (Wildman–Crippen MR) is 300 cm³/mol. The monoisotopic (exact) mass is 1170 g/mol. The van der Waals surface area contributed by atoms with Gasteiger partial charge < -0.3 is 52.0 Å². The van der Waals surface area contributed by atoms with E-state index in [2.05, 4.69) is 6.58 Å². The molecule has 19 nitrogen and oxygen atoms in total. The van der Waals surface area contributed by atoms with Gasteiger partial charge in [-0.2, -0.15) is 0 Å². The number of hydrogen-bond donors (Lipinski definition) is 0. The van der Waals surface area contributed by atoms with Crippen LogP contribution in [0.3, 0.4) is 0 Å². The van der Waals surface area contributed by atoms with Crippen molar-refractivity contribution in [2.75, 3.05) is 13.2 Å². The van der Waals surface area contributed by atoms with Crippen LogP contribution in [0.1, 0.15) is 114 Å². The summed E-state index contributed by atoms with van der Waals surface area (Å²) in [4.78, 5) is 99.4. The molecule has 0 amide bonds. The van der Waals surface area contributed by atoms with Gasteiger partial charge in [-0.25, -0.2) is 28.8 Å². The number of carbonyl (C=O) groups excluding carboxylic acids is 6. The minimum absolute atomic E-state index is 0.0126. The molecule has 0 N–H and O–H groups in total. The number of allylic oxidation sites excluding steroid dienone is 1. The van der Waals surface area contributed by atoms with Gasteiger partial charge in [-0.3, -0.25) is 9.09 Å². The molecule has 2 heterocycles. The minimum Gasteiger partial charge on any atom is -0.756 e. The Labute approximate surface area is 486 Å². The second kappa shape index (κ2) is 31.0. The van der Waals surface area contributed by atoms with E-state index in [1.165, 1.54) is 79.7 Å². The Morgan fingerprint density at radius 2 is 0.798 bits per heavy atom. The molecule has 84 heavy (non-hydrogen) atoms. The lowest BCUT2D eigenvalue weighted by atomic mass is 9.96. The van der Waals surface area contributed by atoms with Gasteiger partial charge >= 0.3 is 35.8 Å². The average Bonchev–Trinajstić information content (AvgIpc) is 2.21. The fraction of sp³-hybridized carbons (Fsp3) is 0.312. The van der Waals surface area contributed by atoms with Crippen molar-refractivity contribution >= 4 is 43.6 Å². The molecule has 0 spiro atoms. The fourth-order valence-corrected chi connectivity index (χ4v) is 10.1. The maximum absolute atomic E-state index is 14.6. The van der Waals surface area contributed by atoms with Crippen molar-refractivity contribution in [1.29, 1.82) is 0 Å². The molecule has 0 bridgehead atoms.